The lowest BCUT2D eigenvalue weighted by molar-refractivity contribution is 0.439. The first-order chi connectivity index (χ1) is 9.19. The van der Waals surface area contributed by atoms with Crippen LogP contribution in [-0.2, 0) is 12.8 Å². The van der Waals surface area contributed by atoms with Crippen molar-refractivity contribution >= 4 is 0 Å². The van der Waals surface area contributed by atoms with Crippen molar-refractivity contribution in [3.05, 3.63) is 59.6 Å². The van der Waals surface area contributed by atoms with Crippen LogP contribution in [0.15, 0.2) is 41.0 Å². The molecule has 0 radical (unpaired) electrons. The third-order valence-electron chi connectivity index (χ3n) is 3.00. The van der Waals surface area contributed by atoms with Crippen LogP contribution in [0.5, 0.6) is 0 Å². The van der Waals surface area contributed by atoms with Crippen molar-refractivity contribution in [3.8, 4) is 0 Å². The maximum atomic E-state index is 13.6. The van der Waals surface area contributed by atoms with Gasteiger partial charge in [-0.1, -0.05) is 13.0 Å². The fourth-order valence-electron chi connectivity index (χ4n) is 2.13. The average molecular weight is 265 g/mol. The van der Waals surface area contributed by atoms with E-state index in [9.17, 15) is 8.78 Å². The molecule has 1 aromatic carbocycles. The summed E-state index contributed by atoms with van der Waals surface area (Å²) in [6.45, 7) is 2.78. The van der Waals surface area contributed by atoms with Crippen LogP contribution in [-0.4, -0.2) is 12.6 Å². The summed E-state index contributed by atoms with van der Waals surface area (Å²) in [6.07, 6.45) is 2.80. The number of rotatable bonds is 6. The molecule has 1 unspecified atom stereocenters. The standard InChI is InChI=1S/C15H17F2NO/c1-2-18-13(10-14-4-3-7-19-14)8-11-5-6-12(16)9-15(11)17/h3-7,9,13,18H,2,8,10H2,1H3. The summed E-state index contributed by atoms with van der Waals surface area (Å²) in [6, 6.07) is 7.50. The predicted molar refractivity (Wildman–Crippen MR) is 69.9 cm³/mol. The lowest BCUT2D eigenvalue weighted by Gasteiger charge is -2.17. The van der Waals surface area contributed by atoms with Gasteiger partial charge in [0.05, 0.1) is 6.26 Å². The van der Waals surface area contributed by atoms with Crippen molar-refractivity contribution < 1.29 is 13.2 Å². The van der Waals surface area contributed by atoms with E-state index in [4.69, 9.17) is 4.42 Å². The molecule has 0 aliphatic heterocycles. The van der Waals surface area contributed by atoms with Crippen LogP contribution >= 0.6 is 0 Å². The van der Waals surface area contributed by atoms with Crippen LogP contribution in [0.3, 0.4) is 0 Å². The van der Waals surface area contributed by atoms with E-state index in [2.05, 4.69) is 5.32 Å². The maximum absolute atomic E-state index is 13.6. The molecule has 0 amide bonds. The van der Waals surface area contributed by atoms with Gasteiger partial charge in [0.25, 0.3) is 0 Å². The minimum atomic E-state index is -0.549. The normalized spacial score (nSPS) is 12.6. The van der Waals surface area contributed by atoms with Crippen LogP contribution < -0.4 is 5.32 Å². The van der Waals surface area contributed by atoms with Gasteiger partial charge in [-0.3, -0.25) is 0 Å². The highest BCUT2D eigenvalue weighted by atomic mass is 19.1. The molecule has 0 aliphatic carbocycles. The molecule has 1 N–H and O–H groups in total. The van der Waals surface area contributed by atoms with Crippen LogP contribution in [0, 0.1) is 11.6 Å². The Labute approximate surface area is 111 Å². The summed E-state index contributed by atoms with van der Waals surface area (Å²) in [5.74, 6) is -0.192. The molecule has 0 spiro atoms. The van der Waals surface area contributed by atoms with Gasteiger partial charge < -0.3 is 9.73 Å². The fraction of sp³-hybridized carbons (Fsp3) is 0.333. The van der Waals surface area contributed by atoms with E-state index in [1.54, 1.807) is 6.26 Å². The van der Waals surface area contributed by atoms with Crippen molar-refractivity contribution in [1.29, 1.82) is 0 Å². The van der Waals surface area contributed by atoms with Crippen LogP contribution in [0.2, 0.25) is 0 Å². The Kier molecular flexibility index (Phi) is 4.68. The van der Waals surface area contributed by atoms with Crippen molar-refractivity contribution in [2.24, 2.45) is 0 Å². The van der Waals surface area contributed by atoms with Crippen molar-refractivity contribution in [1.82, 2.24) is 5.32 Å². The Bertz CT molecular complexity index is 511. The number of hydrogen-bond acceptors (Lipinski definition) is 2. The fourth-order valence-corrected chi connectivity index (χ4v) is 2.13. The molecule has 1 heterocycles. The molecule has 2 nitrogen and oxygen atoms in total. The van der Waals surface area contributed by atoms with E-state index in [1.165, 1.54) is 12.1 Å². The van der Waals surface area contributed by atoms with E-state index in [0.717, 1.165) is 18.4 Å². The van der Waals surface area contributed by atoms with Gasteiger partial charge in [-0.25, -0.2) is 8.78 Å². The van der Waals surface area contributed by atoms with Crippen molar-refractivity contribution in [2.75, 3.05) is 6.54 Å². The minimum absolute atomic E-state index is 0.0658. The topological polar surface area (TPSA) is 25.2 Å². The molecule has 19 heavy (non-hydrogen) atoms. The van der Waals surface area contributed by atoms with Crippen molar-refractivity contribution in [3.63, 3.8) is 0 Å². The first-order valence-electron chi connectivity index (χ1n) is 6.38. The molecule has 0 bridgehead atoms. The Balaban J connectivity index is 2.07. The van der Waals surface area contributed by atoms with E-state index >= 15 is 0 Å². The molecule has 2 rings (SSSR count). The Morgan fingerprint density at radius 1 is 1.21 bits per heavy atom. The zero-order valence-electron chi connectivity index (χ0n) is 10.8. The van der Waals surface area contributed by atoms with Gasteiger partial charge in [0.15, 0.2) is 0 Å². The molecule has 0 fully saturated rings. The molecule has 0 saturated carbocycles. The molecule has 1 atom stereocenters. The summed E-state index contributed by atoms with van der Waals surface area (Å²) in [7, 11) is 0. The smallest absolute Gasteiger partial charge is 0.129 e. The van der Waals surface area contributed by atoms with Crippen LogP contribution in [0.1, 0.15) is 18.2 Å². The highest BCUT2D eigenvalue weighted by molar-refractivity contribution is 5.20. The number of hydrogen-bond donors (Lipinski definition) is 1. The van der Waals surface area contributed by atoms with Gasteiger partial charge in [-0.2, -0.15) is 0 Å². The first-order valence-corrected chi connectivity index (χ1v) is 6.38. The first kappa shape index (κ1) is 13.7. The van der Waals surface area contributed by atoms with E-state index in [0.29, 0.717) is 18.4 Å². The summed E-state index contributed by atoms with van der Waals surface area (Å²) in [4.78, 5) is 0. The number of nitrogens with one attached hydrogen (secondary N) is 1. The molecule has 4 heteroatoms. The van der Waals surface area contributed by atoms with Crippen LogP contribution in [0.4, 0.5) is 8.78 Å². The van der Waals surface area contributed by atoms with Gasteiger partial charge >= 0.3 is 0 Å². The van der Waals surface area contributed by atoms with Crippen LogP contribution in [0.25, 0.3) is 0 Å². The van der Waals surface area contributed by atoms with E-state index in [1.807, 2.05) is 19.1 Å². The molecular weight excluding hydrogens is 248 g/mol. The van der Waals surface area contributed by atoms with Crippen molar-refractivity contribution in [2.45, 2.75) is 25.8 Å². The highest BCUT2D eigenvalue weighted by Crippen LogP contribution is 2.14. The minimum Gasteiger partial charge on any atom is -0.469 e. The van der Waals surface area contributed by atoms with Gasteiger partial charge in [0.2, 0.25) is 0 Å². The predicted octanol–water partition coefficient (Wildman–Crippen LogP) is 3.32. The quantitative estimate of drug-likeness (QED) is 0.866. The Morgan fingerprint density at radius 2 is 2.05 bits per heavy atom. The van der Waals surface area contributed by atoms with E-state index in [-0.39, 0.29) is 6.04 Å². The second-order valence-corrected chi connectivity index (χ2v) is 4.48. The highest BCUT2D eigenvalue weighted by Gasteiger charge is 2.14. The van der Waals surface area contributed by atoms with Gasteiger partial charge in [0, 0.05) is 18.5 Å². The van der Waals surface area contributed by atoms with E-state index < -0.39 is 11.6 Å². The number of benzene rings is 1. The molecule has 1 aromatic heterocycles. The largest absolute Gasteiger partial charge is 0.469 e. The number of likely N-dealkylation sites (N-methyl/N-ethyl adjacent to an activating group) is 1. The summed E-state index contributed by atoms with van der Waals surface area (Å²) < 4.78 is 31.8. The zero-order chi connectivity index (χ0) is 13.7. The lowest BCUT2D eigenvalue weighted by atomic mass is 10.0. The van der Waals surface area contributed by atoms with Gasteiger partial charge in [-0.15, -0.1) is 0 Å². The molecule has 0 saturated heterocycles. The SMILES string of the molecule is CCNC(Cc1ccco1)Cc1ccc(F)cc1F. The number of halogens is 2. The Hall–Kier alpha value is -1.68. The lowest BCUT2D eigenvalue weighted by Crippen LogP contribution is -2.33. The second-order valence-electron chi connectivity index (χ2n) is 4.48. The molecule has 2 aromatic rings. The monoisotopic (exact) mass is 265 g/mol. The zero-order valence-corrected chi connectivity index (χ0v) is 10.8. The summed E-state index contributed by atoms with van der Waals surface area (Å²) in [5.41, 5.74) is 0.513. The molecule has 0 aliphatic rings. The number of furan rings is 1. The maximum Gasteiger partial charge on any atom is 0.129 e. The molecular formula is C15H17F2NO. The second kappa shape index (κ2) is 6.48. The third-order valence-corrected chi connectivity index (χ3v) is 3.00. The summed E-state index contributed by atoms with van der Waals surface area (Å²) in [5, 5.41) is 3.29. The Morgan fingerprint density at radius 3 is 2.68 bits per heavy atom. The summed E-state index contributed by atoms with van der Waals surface area (Å²) >= 11 is 0. The average Bonchev–Trinajstić information content (AvgIpc) is 2.86. The van der Waals surface area contributed by atoms with Gasteiger partial charge in [-0.05, 0) is 36.7 Å². The van der Waals surface area contributed by atoms with Gasteiger partial charge in [0.1, 0.15) is 17.4 Å². The third kappa shape index (κ3) is 3.89. The molecule has 102 valence electrons.